The highest BCUT2D eigenvalue weighted by atomic mass is 16.2. The molecule has 1 aliphatic heterocycles. The van der Waals surface area contributed by atoms with Crippen LogP contribution in [0.4, 0.5) is 0 Å². The number of aromatic nitrogens is 1. The summed E-state index contributed by atoms with van der Waals surface area (Å²) in [5.74, 6) is -0.381. The molecule has 0 bridgehead atoms. The van der Waals surface area contributed by atoms with Gasteiger partial charge in [-0.3, -0.25) is 14.4 Å². The molecule has 1 fully saturated rings. The zero-order valence-corrected chi connectivity index (χ0v) is 10.8. The van der Waals surface area contributed by atoms with Crippen molar-refractivity contribution in [3.05, 3.63) is 34.2 Å². The first-order valence-electron chi connectivity index (χ1n) is 6.32. The molecule has 2 N–H and O–H groups in total. The van der Waals surface area contributed by atoms with Gasteiger partial charge < -0.3 is 15.2 Å². The lowest BCUT2D eigenvalue weighted by molar-refractivity contribution is -0.120. The van der Waals surface area contributed by atoms with Crippen molar-refractivity contribution >= 4 is 11.8 Å². The quantitative estimate of drug-likeness (QED) is 0.795. The van der Waals surface area contributed by atoms with E-state index in [-0.39, 0.29) is 29.0 Å². The van der Waals surface area contributed by atoms with Crippen LogP contribution in [0.25, 0.3) is 0 Å². The van der Waals surface area contributed by atoms with Gasteiger partial charge in [0.15, 0.2) is 0 Å². The number of nitrogens with one attached hydrogen (secondary N) is 2. The molecule has 2 rings (SSSR count). The lowest BCUT2D eigenvalue weighted by Gasteiger charge is -2.32. The van der Waals surface area contributed by atoms with Gasteiger partial charge in [0.05, 0.1) is 0 Å². The van der Waals surface area contributed by atoms with Gasteiger partial charge in [-0.15, -0.1) is 0 Å². The van der Waals surface area contributed by atoms with E-state index >= 15 is 0 Å². The van der Waals surface area contributed by atoms with E-state index in [1.807, 2.05) is 0 Å². The van der Waals surface area contributed by atoms with Crippen molar-refractivity contribution in [2.75, 3.05) is 13.1 Å². The standard InChI is InChI=1S/C13H17N3O3/c1-9(17)15-10-4-3-7-16(8-10)13(19)11-5-2-6-14-12(11)18/h2,5-6,10H,3-4,7-8H2,1H3,(H,14,18)(H,15,17). The highest BCUT2D eigenvalue weighted by molar-refractivity contribution is 5.93. The Bertz CT molecular complexity index is 538. The van der Waals surface area contributed by atoms with Crippen LogP contribution in [0.3, 0.4) is 0 Å². The molecule has 2 heterocycles. The second kappa shape index (κ2) is 5.69. The maximum Gasteiger partial charge on any atom is 0.260 e. The number of piperidine rings is 1. The minimum Gasteiger partial charge on any atom is -0.352 e. The molecule has 6 nitrogen and oxygen atoms in total. The SMILES string of the molecule is CC(=O)NC1CCCN(C(=O)c2ccc[nH]c2=O)C1. The molecule has 0 spiro atoms. The molecule has 1 aromatic rings. The van der Waals surface area contributed by atoms with Crippen molar-refractivity contribution in [1.82, 2.24) is 15.2 Å². The van der Waals surface area contributed by atoms with Crippen LogP contribution in [0.15, 0.2) is 23.1 Å². The lowest BCUT2D eigenvalue weighted by Crippen LogP contribution is -2.49. The highest BCUT2D eigenvalue weighted by Crippen LogP contribution is 2.12. The number of rotatable bonds is 2. The molecule has 0 aromatic carbocycles. The number of amides is 2. The van der Waals surface area contributed by atoms with Gasteiger partial charge in [-0.25, -0.2) is 0 Å². The summed E-state index contributed by atoms with van der Waals surface area (Å²) < 4.78 is 0. The number of hydrogen-bond donors (Lipinski definition) is 2. The van der Waals surface area contributed by atoms with E-state index in [1.54, 1.807) is 11.0 Å². The van der Waals surface area contributed by atoms with Crippen LogP contribution in [0.1, 0.15) is 30.1 Å². The first-order chi connectivity index (χ1) is 9.08. The van der Waals surface area contributed by atoms with Crippen molar-refractivity contribution in [3.8, 4) is 0 Å². The second-order valence-corrected chi connectivity index (χ2v) is 4.70. The maximum atomic E-state index is 12.2. The van der Waals surface area contributed by atoms with Gasteiger partial charge in [-0.2, -0.15) is 0 Å². The maximum absolute atomic E-state index is 12.2. The monoisotopic (exact) mass is 263 g/mol. The van der Waals surface area contributed by atoms with Crippen molar-refractivity contribution in [2.45, 2.75) is 25.8 Å². The Labute approximate surface area is 110 Å². The fourth-order valence-electron chi connectivity index (χ4n) is 2.33. The normalized spacial score (nSPS) is 19.0. The van der Waals surface area contributed by atoms with Crippen LogP contribution in [0.2, 0.25) is 0 Å². The Morgan fingerprint density at radius 1 is 1.47 bits per heavy atom. The third-order valence-corrected chi connectivity index (χ3v) is 3.16. The van der Waals surface area contributed by atoms with Crippen LogP contribution in [0.5, 0.6) is 0 Å². The number of pyridine rings is 1. The fraction of sp³-hybridized carbons (Fsp3) is 0.462. The molecule has 102 valence electrons. The molecule has 0 radical (unpaired) electrons. The predicted molar refractivity (Wildman–Crippen MR) is 69.8 cm³/mol. The number of carbonyl (C=O) groups is 2. The summed E-state index contributed by atoms with van der Waals surface area (Å²) >= 11 is 0. The Morgan fingerprint density at radius 3 is 2.95 bits per heavy atom. The average molecular weight is 263 g/mol. The largest absolute Gasteiger partial charge is 0.352 e. The average Bonchev–Trinajstić information content (AvgIpc) is 2.38. The zero-order valence-electron chi connectivity index (χ0n) is 10.8. The van der Waals surface area contributed by atoms with Crippen LogP contribution in [0, 0.1) is 0 Å². The van der Waals surface area contributed by atoms with Crippen LogP contribution >= 0.6 is 0 Å². The molecular formula is C13H17N3O3. The van der Waals surface area contributed by atoms with E-state index in [0.717, 1.165) is 12.8 Å². The molecule has 0 aliphatic carbocycles. The third-order valence-electron chi connectivity index (χ3n) is 3.16. The van der Waals surface area contributed by atoms with Crippen molar-refractivity contribution < 1.29 is 9.59 Å². The summed E-state index contributed by atoms with van der Waals surface area (Å²) in [6.07, 6.45) is 3.17. The van der Waals surface area contributed by atoms with Crippen LogP contribution in [-0.2, 0) is 4.79 Å². The molecule has 1 unspecified atom stereocenters. The van der Waals surface area contributed by atoms with Gasteiger partial charge in [0, 0.05) is 32.3 Å². The number of nitrogens with zero attached hydrogens (tertiary/aromatic N) is 1. The van der Waals surface area contributed by atoms with Crippen molar-refractivity contribution in [3.63, 3.8) is 0 Å². The van der Waals surface area contributed by atoms with Gasteiger partial charge in [0.25, 0.3) is 11.5 Å². The van der Waals surface area contributed by atoms with Gasteiger partial charge in [-0.1, -0.05) is 0 Å². The summed E-state index contributed by atoms with van der Waals surface area (Å²) in [5, 5.41) is 2.81. The summed E-state index contributed by atoms with van der Waals surface area (Å²) in [5.41, 5.74) is -0.236. The predicted octanol–water partition coefficient (Wildman–Crippen LogP) is 0.116. The van der Waals surface area contributed by atoms with Crippen LogP contribution in [-0.4, -0.2) is 40.8 Å². The number of aromatic amines is 1. The second-order valence-electron chi connectivity index (χ2n) is 4.70. The lowest BCUT2D eigenvalue weighted by atomic mass is 10.0. The summed E-state index contributed by atoms with van der Waals surface area (Å²) in [6.45, 7) is 2.53. The summed E-state index contributed by atoms with van der Waals surface area (Å²) in [7, 11) is 0. The first kappa shape index (κ1) is 13.3. The van der Waals surface area contributed by atoms with Gasteiger partial charge in [0.1, 0.15) is 5.56 Å². The molecule has 1 aromatic heterocycles. The minimum atomic E-state index is -0.380. The van der Waals surface area contributed by atoms with E-state index in [1.165, 1.54) is 19.2 Å². The highest BCUT2D eigenvalue weighted by Gasteiger charge is 2.25. The molecule has 2 amide bonds. The molecule has 1 atom stereocenters. The number of hydrogen-bond acceptors (Lipinski definition) is 3. The number of H-pyrrole nitrogens is 1. The summed E-state index contributed by atoms with van der Waals surface area (Å²) in [6, 6.07) is 3.12. The van der Waals surface area contributed by atoms with Gasteiger partial charge in [-0.05, 0) is 25.0 Å². The van der Waals surface area contributed by atoms with Crippen molar-refractivity contribution in [1.29, 1.82) is 0 Å². The first-order valence-corrected chi connectivity index (χ1v) is 6.32. The molecular weight excluding hydrogens is 246 g/mol. The van der Waals surface area contributed by atoms with E-state index in [9.17, 15) is 14.4 Å². The topological polar surface area (TPSA) is 82.3 Å². The molecule has 6 heteroatoms. The number of likely N-dealkylation sites (tertiary alicyclic amines) is 1. The number of carbonyl (C=O) groups excluding carboxylic acids is 2. The minimum absolute atomic E-state index is 0.0296. The Kier molecular flexibility index (Phi) is 3.99. The molecule has 1 saturated heterocycles. The fourth-order valence-corrected chi connectivity index (χ4v) is 2.33. The van der Waals surface area contributed by atoms with E-state index in [4.69, 9.17) is 0 Å². The van der Waals surface area contributed by atoms with Crippen LogP contribution < -0.4 is 10.9 Å². The third kappa shape index (κ3) is 3.21. The Morgan fingerprint density at radius 2 is 2.26 bits per heavy atom. The van der Waals surface area contributed by atoms with Gasteiger partial charge in [0.2, 0.25) is 5.91 Å². The van der Waals surface area contributed by atoms with E-state index in [2.05, 4.69) is 10.3 Å². The Hall–Kier alpha value is -2.11. The Balaban J connectivity index is 2.09. The molecule has 0 saturated carbocycles. The molecule has 1 aliphatic rings. The van der Waals surface area contributed by atoms with E-state index in [0.29, 0.717) is 13.1 Å². The smallest absolute Gasteiger partial charge is 0.260 e. The summed E-state index contributed by atoms with van der Waals surface area (Å²) in [4.78, 5) is 39.0. The van der Waals surface area contributed by atoms with Gasteiger partial charge >= 0.3 is 0 Å². The zero-order chi connectivity index (χ0) is 13.8. The van der Waals surface area contributed by atoms with E-state index < -0.39 is 0 Å². The molecule has 19 heavy (non-hydrogen) atoms. The van der Waals surface area contributed by atoms with Crippen molar-refractivity contribution in [2.24, 2.45) is 0 Å².